The third kappa shape index (κ3) is 4.25. The summed E-state index contributed by atoms with van der Waals surface area (Å²) in [6.45, 7) is 0. The third-order valence-corrected chi connectivity index (χ3v) is 4.07. The number of hydrogen-bond acceptors (Lipinski definition) is 6. The second kappa shape index (κ2) is 7.87. The summed E-state index contributed by atoms with van der Waals surface area (Å²) in [5.41, 5.74) is 3.59. The lowest BCUT2D eigenvalue weighted by atomic mass is 10.1. The number of azo groups is 1. The molecule has 0 aliphatic carbocycles. The summed E-state index contributed by atoms with van der Waals surface area (Å²) in [5, 5.41) is 20.6. The van der Waals surface area contributed by atoms with Gasteiger partial charge in [0, 0.05) is 17.7 Å². The van der Waals surface area contributed by atoms with Gasteiger partial charge in [-0.15, -0.1) is 5.11 Å². The fourth-order valence-electron chi connectivity index (χ4n) is 2.48. The van der Waals surface area contributed by atoms with E-state index in [0.717, 1.165) is 22.9 Å². The molecule has 0 atom stereocenters. The molecule has 0 bridgehead atoms. The number of aromatic amines is 1. The lowest BCUT2D eigenvalue weighted by molar-refractivity contribution is -0.384. The molecule has 30 heavy (non-hydrogen) atoms. The van der Waals surface area contributed by atoms with Gasteiger partial charge in [-0.2, -0.15) is 23.0 Å². The lowest BCUT2D eigenvalue weighted by Gasteiger charge is -2.05. The molecule has 0 aliphatic rings. The van der Waals surface area contributed by atoms with Gasteiger partial charge in [-0.1, -0.05) is 6.07 Å². The first-order chi connectivity index (χ1) is 14.1. The predicted molar refractivity (Wildman–Crippen MR) is 105 cm³/mol. The monoisotopic (exact) mass is 436 g/mol. The Labute approximate surface area is 170 Å². The zero-order valence-corrected chi connectivity index (χ0v) is 15.6. The first-order valence-corrected chi connectivity index (χ1v) is 8.47. The van der Waals surface area contributed by atoms with Crippen LogP contribution in [-0.2, 0) is 6.18 Å². The lowest BCUT2D eigenvalue weighted by Crippen LogP contribution is -2.29. The molecule has 0 saturated carbocycles. The molecule has 0 aliphatic heterocycles. The number of non-ortho nitro benzene ring substituents is 1. The number of nitrogens with one attached hydrogen (secondary N) is 1. The Morgan fingerprint density at radius 2 is 1.83 bits per heavy atom. The molecular weight excluding hydrogens is 425 g/mol. The minimum Gasteiger partial charge on any atom is -0.374 e. The number of benzene rings is 2. The molecule has 1 aromatic heterocycles. The second-order valence-electron chi connectivity index (χ2n) is 5.87. The Balaban J connectivity index is 2.08. The molecule has 0 unspecified atom stereocenters. The van der Waals surface area contributed by atoms with Crippen molar-refractivity contribution in [1.82, 2.24) is 9.78 Å². The van der Waals surface area contributed by atoms with Crippen LogP contribution < -0.4 is 11.3 Å². The molecule has 13 heteroatoms. The van der Waals surface area contributed by atoms with Crippen molar-refractivity contribution in [2.75, 3.05) is 0 Å². The van der Waals surface area contributed by atoms with Gasteiger partial charge in [0.2, 0.25) is 0 Å². The number of alkyl halides is 3. The second-order valence-corrected chi connectivity index (χ2v) is 6.28. The van der Waals surface area contributed by atoms with E-state index in [0.29, 0.717) is 5.56 Å². The van der Waals surface area contributed by atoms with E-state index < -0.39 is 22.2 Å². The minimum absolute atomic E-state index is 0.0819. The maximum atomic E-state index is 12.9. The highest BCUT2D eigenvalue weighted by Crippen LogP contribution is 2.33. The van der Waals surface area contributed by atoms with E-state index in [9.17, 15) is 28.1 Å². The van der Waals surface area contributed by atoms with Crippen LogP contribution in [0.3, 0.4) is 0 Å². The first-order valence-electron chi connectivity index (χ1n) is 8.06. The molecule has 3 aromatic rings. The van der Waals surface area contributed by atoms with Gasteiger partial charge in [0.25, 0.3) is 5.69 Å². The van der Waals surface area contributed by atoms with Crippen LogP contribution in [0.5, 0.6) is 0 Å². The molecule has 2 aromatic carbocycles. The Morgan fingerprint density at radius 1 is 1.17 bits per heavy atom. The number of nitro groups is 1. The van der Waals surface area contributed by atoms with Crippen molar-refractivity contribution < 1.29 is 18.1 Å². The number of aromatic nitrogens is 2. The predicted octanol–water partition coefficient (Wildman–Crippen LogP) is 4.28. The molecule has 3 rings (SSSR count). The summed E-state index contributed by atoms with van der Waals surface area (Å²) >= 11 is 4.79. The topological polar surface area (TPSA) is 132 Å². The minimum atomic E-state index is -4.57. The molecule has 154 valence electrons. The van der Waals surface area contributed by atoms with Gasteiger partial charge in [0.15, 0.2) is 10.8 Å². The van der Waals surface area contributed by atoms with Gasteiger partial charge in [-0.05, 0) is 42.5 Å². The average molecular weight is 436 g/mol. The first kappa shape index (κ1) is 20.9. The number of hydrogen-bond donors (Lipinski definition) is 2. The van der Waals surface area contributed by atoms with E-state index in [2.05, 4.69) is 15.3 Å². The summed E-state index contributed by atoms with van der Waals surface area (Å²) in [6, 6.07) is 9.21. The van der Waals surface area contributed by atoms with Gasteiger partial charge in [-0.25, -0.2) is 0 Å². The van der Waals surface area contributed by atoms with Crippen LogP contribution in [0.15, 0.2) is 63.6 Å². The maximum Gasteiger partial charge on any atom is 0.416 e. The van der Waals surface area contributed by atoms with E-state index in [1.165, 1.54) is 30.3 Å². The summed E-state index contributed by atoms with van der Waals surface area (Å²) in [6.07, 6.45) is -4.57. The van der Waals surface area contributed by atoms with E-state index >= 15 is 0 Å². The normalized spacial score (nSPS) is 11.7. The molecular formula is C17H11F3N6O3S. The number of nitrogens with two attached hydrogens (primary N) is 1. The van der Waals surface area contributed by atoms with E-state index in [1.54, 1.807) is 0 Å². The molecule has 0 radical (unpaired) electrons. The quantitative estimate of drug-likeness (QED) is 0.273. The Kier molecular flexibility index (Phi) is 5.47. The van der Waals surface area contributed by atoms with E-state index in [4.69, 9.17) is 18.0 Å². The van der Waals surface area contributed by atoms with Crippen LogP contribution in [0, 0.1) is 10.1 Å². The molecule has 3 N–H and O–H groups in total. The van der Waals surface area contributed by atoms with Crippen LogP contribution in [0.2, 0.25) is 0 Å². The highest BCUT2D eigenvalue weighted by molar-refractivity contribution is 7.80. The Bertz CT molecular complexity index is 1210. The number of rotatable bonds is 4. The van der Waals surface area contributed by atoms with Crippen molar-refractivity contribution in [1.29, 1.82) is 0 Å². The van der Waals surface area contributed by atoms with Gasteiger partial charge < -0.3 is 5.73 Å². The zero-order chi connectivity index (χ0) is 22.1. The number of H-pyrrole nitrogens is 1. The average Bonchev–Trinajstić information content (AvgIpc) is 3.02. The number of thiocarbonyl (C=S) groups is 1. The maximum absolute atomic E-state index is 12.9. The highest BCUT2D eigenvalue weighted by Gasteiger charge is 2.30. The number of nitrogens with zero attached hydrogens (tertiary/aromatic N) is 4. The van der Waals surface area contributed by atoms with Crippen molar-refractivity contribution in [3.8, 4) is 11.3 Å². The number of nitro benzene ring substituents is 1. The van der Waals surface area contributed by atoms with Crippen LogP contribution in [0.25, 0.3) is 11.3 Å². The van der Waals surface area contributed by atoms with Gasteiger partial charge in [-0.3, -0.25) is 20.0 Å². The van der Waals surface area contributed by atoms with Gasteiger partial charge in [0.05, 0.1) is 21.9 Å². The highest BCUT2D eigenvalue weighted by atomic mass is 32.1. The van der Waals surface area contributed by atoms with Crippen LogP contribution >= 0.6 is 12.2 Å². The van der Waals surface area contributed by atoms with Crippen molar-refractivity contribution in [2.45, 2.75) is 6.18 Å². The fourth-order valence-corrected chi connectivity index (χ4v) is 2.61. The van der Waals surface area contributed by atoms with Crippen LogP contribution in [0.1, 0.15) is 5.56 Å². The molecule has 0 saturated heterocycles. The van der Waals surface area contributed by atoms with Crippen LogP contribution in [-0.4, -0.2) is 19.8 Å². The molecule has 0 fully saturated rings. The van der Waals surface area contributed by atoms with Gasteiger partial charge >= 0.3 is 11.7 Å². The standard InChI is InChI=1S/C17H11F3N6O3S/c18-17(19,20)10-2-1-3-11(8-10)22-23-14-13(24-25(15(14)27)16(21)30)9-4-6-12(7-5-9)26(28)29/h1-8,24H,(H2,21,30). The summed E-state index contributed by atoms with van der Waals surface area (Å²) in [4.78, 5) is 22.8. The van der Waals surface area contributed by atoms with Crippen molar-refractivity contribution in [2.24, 2.45) is 16.0 Å². The van der Waals surface area contributed by atoms with Crippen molar-refractivity contribution in [3.05, 3.63) is 74.6 Å². The van der Waals surface area contributed by atoms with E-state index in [1.807, 2.05) is 0 Å². The van der Waals surface area contributed by atoms with Crippen molar-refractivity contribution in [3.63, 3.8) is 0 Å². The molecule has 1 heterocycles. The molecule has 0 amide bonds. The largest absolute Gasteiger partial charge is 0.416 e. The van der Waals surface area contributed by atoms with Gasteiger partial charge in [0.1, 0.15) is 0 Å². The summed E-state index contributed by atoms with van der Waals surface area (Å²) in [5.74, 6) is 0. The fraction of sp³-hybridized carbons (Fsp3) is 0.0588. The SMILES string of the molecule is NC(=S)n1[nH]c(-c2ccc([N+](=O)[O-])cc2)c(N=Nc2cccc(C(F)(F)F)c2)c1=O. The third-order valence-electron chi connectivity index (χ3n) is 3.89. The van der Waals surface area contributed by atoms with Crippen molar-refractivity contribution >= 4 is 34.4 Å². The number of halogens is 3. The Hall–Kier alpha value is -3.87. The Morgan fingerprint density at radius 3 is 2.40 bits per heavy atom. The van der Waals surface area contributed by atoms with E-state index in [-0.39, 0.29) is 27.9 Å². The summed E-state index contributed by atoms with van der Waals surface area (Å²) < 4.78 is 39.4. The summed E-state index contributed by atoms with van der Waals surface area (Å²) in [7, 11) is 0. The smallest absolute Gasteiger partial charge is 0.374 e. The van der Waals surface area contributed by atoms with Crippen LogP contribution in [0.4, 0.5) is 30.2 Å². The zero-order valence-electron chi connectivity index (χ0n) is 14.8. The molecule has 9 nitrogen and oxygen atoms in total. The molecule has 0 spiro atoms.